The van der Waals surface area contributed by atoms with E-state index in [0.717, 1.165) is 18.4 Å². The van der Waals surface area contributed by atoms with Crippen LogP contribution in [0.15, 0.2) is 29.2 Å². The number of ether oxygens (including phenoxy) is 1. The Morgan fingerprint density at radius 1 is 1.11 bits per heavy atom. The van der Waals surface area contributed by atoms with Crippen LogP contribution in [0.3, 0.4) is 0 Å². The summed E-state index contributed by atoms with van der Waals surface area (Å²) in [6, 6.07) is 6.58. The monoisotopic (exact) mass is 411 g/mol. The summed E-state index contributed by atoms with van der Waals surface area (Å²) in [5.41, 5.74) is 0.874. The molecular weight excluding hydrogens is 382 g/mol. The normalized spacial score (nSPS) is 16.9. The Balaban J connectivity index is 1.78. The number of carbonyl (C=O) groups excluding carboxylic acids is 2. The largest absolute Gasteiger partial charge is 0.376 e. The van der Waals surface area contributed by atoms with E-state index in [4.69, 9.17) is 4.74 Å². The summed E-state index contributed by atoms with van der Waals surface area (Å²) in [5, 5.41) is 5.14. The van der Waals surface area contributed by atoms with Crippen molar-refractivity contribution in [3.8, 4) is 0 Å². The summed E-state index contributed by atoms with van der Waals surface area (Å²) >= 11 is 0. The van der Waals surface area contributed by atoms with Crippen molar-refractivity contribution in [1.29, 1.82) is 0 Å². The van der Waals surface area contributed by atoms with Gasteiger partial charge in [-0.2, -0.15) is 4.31 Å². The third-order valence-corrected chi connectivity index (χ3v) is 6.75. The molecule has 1 aromatic carbocycles. The highest BCUT2D eigenvalue weighted by atomic mass is 32.2. The minimum atomic E-state index is -3.48. The Hall–Kier alpha value is -1.97. The molecular formula is C19H29N3O5S. The molecule has 0 aliphatic carbocycles. The molecule has 1 aliphatic heterocycles. The molecule has 0 bridgehead atoms. The maximum atomic E-state index is 12.5. The van der Waals surface area contributed by atoms with Crippen LogP contribution in [-0.2, 0) is 30.8 Å². The first-order chi connectivity index (χ1) is 13.4. The Morgan fingerprint density at radius 2 is 1.75 bits per heavy atom. The van der Waals surface area contributed by atoms with Gasteiger partial charge < -0.3 is 15.4 Å². The average Bonchev–Trinajstić information content (AvgIpc) is 3.20. The second-order valence-corrected chi connectivity index (χ2v) is 8.52. The maximum Gasteiger partial charge on any atom is 0.309 e. The fourth-order valence-electron chi connectivity index (χ4n) is 3.03. The summed E-state index contributed by atoms with van der Waals surface area (Å²) in [4.78, 5) is 23.8. The van der Waals surface area contributed by atoms with Crippen LogP contribution in [0.1, 0.15) is 32.3 Å². The lowest BCUT2D eigenvalue weighted by molar-refractivity contribution is -0.139. The Kier molecular flexibility index (Phi) is 8.40. The quantitative estimate of drug-likeness (QED) is 0.581. The Morgan fingerprint density at radius 3 is 2.32 bits per heavy atom. The highest BCUT2D eigenvalue weighted by Crippen LogP contribution is 2.16. The van der Waals surface area contributed by atoms with Crippen molar-refractivity contribution < 1.29 is 22.7 Å². The first kappa shape index (κ1) is 22.3. The highest BCUT2D eigenvalue weighted by Gasteiger charge is 2.21. The summed E-state index contributed by atoms with van der Waals surface area (Å²) < 4.78 is 31.7. The molecule has 0 aromatic heterocycles. The minimum absolute atomic E-state index is 0.0112. The van der Waals surface area contributed by atoms with E-state index >= 15 is 0 Å². The van der Waals surface area contributed by atoms with Gasteiger partial charge in [0, 0.05) is 32.8 Å². The number of nitrogens with one attached hydrogen (secondary N) is 2. The topological polar surface area (TPSA) is 105 Å². The highest BCUT2D eigenvalue weighted by molar-refractivity contribution is 7.89. The molecule has 9 heteroatoms. The fraction of sp³-hybridized carbons (Fsp3) is 0.579. The van der Waals surface area contributed by atoms with Gasteiger partial charge in [-0.1, -0.05) is 26.0 Å². The van der Waals surface area contributed by atoms with Crippen LogP contribution >= 0.6 is 0 Å². The van der Waals surface area contributed by atoms with Crippen LogP contribution in [0.4, 0.5) is 0 Å². The molecule has 1 fully saturated rings. The van der Waals surface area contributed by atoms with Crippen molar-refractivity contribution in [3.05, 3.63) is 29.8 Å². The molecule has 2 rings (SSSR count). The number of hydrogen-bond donors (Lipinski definition) is 2. The molecule has 1 aromatic rings. The van der Waals surface area contributed by atoms with Crippen molar-refractivity contribution >= 4 is 21.8 Å². The molecule has 1 saturated heterocycles. The van der Waals surface area contributed by atoms with Gasteiger partial charge >= 0.3 is 11.8 Å². The van der Waals surface area contributed by atoms with Gasteiger partial charge in [-0.05, 0) is 37.0 Å². The van der Waals surface area contributed by atoms with Gasteiger partial charge in [0.1, 0.15) is 0 Å². The first-order valence-electron chi connectivity index (χ1n) is 9.65. The number of amides is 2. The number of rotatable bonds is 9. The van der Waals surface area contributed by atoms with Crippen molar-refractivity contribution in [2.24, 2.45) is 0 Å². The van der Waals surface area contributed by atoms with Crippen molar-refractivity contribution in [3.63, 3.8) is 0 Å². The standard InChI is InChI=1S/C19H29N3O5S/c1-3-22(4-2)28(25,26)17-9-7-15(8-10-17)11-12-20-18(23)19(24)21-14-16-6-5-13-27-16/h7-10,16H,3-6,11-14H2,1-2H3,(H,20,23)(H,21,24). The molecule has 0 spiro atoms. The summed E-state index contributed by atoms with van der Waals surface area (Å²) in [6.07, 6.45) is 2.35. The van der Waals surface area contributed by atoms with E-state index in [-0.39, 0.29) is 17.5 Å². The number of benzene rings is 1. The van der Waals surface area contributed by atoms with Crippen molar-refractivity contribution in [2.45, 2.75) is 44.1 Å². The zero-order valence-electron chi connectivity index (χ0n) is 16.4. The lowest BCUT2D eigenvalue weighted by Crippen LogP contribution is -2.43. The summed E-state index contributed by atoms with van der Waals surface area (Å²) in [6.45, 7) is 5.76. The molecule has 1 heterocycles. The average molecular weight is 412 g/mol. The molecule has 28 heavy (non-hydrogen) atoms. The van der Waals surface area contributed by atoms with E-state index in [2.05, 4.69) is 10.6 Å². The minimum Gasteiger partial charge on any atom is -0.376 e. The molecule has 1 aliphatic rings. The van der Waals surface area contributed by atoms with Gasteiger partial charge in [0.2, 0.25) is 10.0 Å². The molecule has 0 radical (unpaired) electrons. The third kappa shape index (κ3) is 6.02. The number of nitrogens with zero attached hydrogens (tertiary/aromatic N) is 1. The predicted molar refractivity (Wildman–Crippen MR) is 105 cm³/mol. The molecule has 1 unspecified atom stereocenters. The third-order valence-electron chi connectivity index (χ3n) is 4.69. The lowest BCUT2D eigenvalue weighted by Gasteiger charge is -2.18. The van der Waals surface area contributed by atoms with E-state index in [1.165, 1.54) is 4.31 Å². The van der Waals surface area contributed by atoms with E-state index in [1.54, 1.807) is 38.1 Å². The van der Waals surface area contributed by atoms with Gasteiger partial charge in [-0.25, -0.2) is 8.42 Å². The van der Waals surface area contributed by atoms with Crippen LogP contribution in [0.5, 0.6) is 0 Å². The van der Waals surface area contributed by atoms with Gasteiger partial charge in [0.05, 0.1) is 11.0 Å². The number of carbonyl (C=O) groups is 2. The Labute approximate surface area is 166 Å². The second kappa shape index (κ2) is 10.5. The number of sulfonamides is 1. The van der Waals surface area contributed by atoms with Crippen LogP contribution in [0.2, 0.25) is 0 Å². The number of hydrogen-bond acceptors (Lipinski definition) is 5. The SMILES string of the molecule is CCN(CC)S(=O)(=O)c1ccc(CCNC(=O)C(=O)NCC2CCCO2)cc1. The fourth-order valence-corrected chi connectivity index (χ4v) is 4.49. The first-order valence-corrected chi connectivity index (χ1v) is 11.1. The van der Waals surface area contributed by atoms with E-state index in [0.29, 0.717) is 32.7 Å². The van der Waals surface area contributed by atoms with Gasteiger partial charge in [-0.15, -0.1) is 0 Å². The van der Waals surface area contributed by atoms with Gasteiger partial charge in [0.15, 0.2) is 0 Å². The van der Waals surface area contributed by atoms with Gasteiger partial charge in [0.25, 0.3) is 0 Å². The lowest BCUT2D eigenvalue weighted by atomic mass is 10.1. The molecule has 2 N–H and O–H groups in total. The molecule has 0 saturated carbocycles. The zero-order chi connectivity index (χ0) is 20.6. The molecule has 1 atom stereocenters. The Bertz CT molecular complexity index is 754. The second-order valence-electron chi connectivity index (χ2n) is 6.58. The predicted octanol–water partition coefficient (Wildman–Crippen LogP) is 0.671. The van der Waals surface area contributed by atoms with Crippen LogP contribution in [0.25, 0.3) is 0 Å². The summed E-state index contributed by atoms with van der Waals surface area (Å²) in [5.74, 6) is -1.35. The molecule has 8 nitrogen and oxygen atoms in total. The van der Waals surface area contributed by atoms with Crippen LogP contribution in [-0.4, -0.2) is 63.4 Å². The maximum absolute atomic E-state index is 12.5. The summed E-state index contributed by atoms with van der Waals surface area (Å²) in [7, 11) is -3.48. The van der Waals surface area contributed by atoms with E-state index < -0.39 is 21.8 Å². The molecule has 156 valence electrons. The van der Waals surface area contributed by atoms with Crippen LogP contribution < -0.4 is 10.6 Å². The molecule has 2 amide bonds. The van der Waals surface area contributed by atoms with Crippen LogP contribution in [0, 0.1) is 0 Å². The van der Waals surface area contributed by atoms with Crippen molar-refractivity contribution in [1.82, 2.24) is 14.9 Å². The van der Waals surface area contributed by atoms with Gasteiger partial charge in [-0.3, -0.25) is 9.59 Å². The van der Waals surface area contributed by atoms with E-state index in [1.807, 2.05) is 0 Å². The van der Waals surface area contributed by atoms with E-state index in [9.17, 15) is 18.0 Å². The zero-order valence-corrected chi connectivity index (χ0v) is 17.3. The smallest absolute Gasteiger partial charge is 0.309 e. The van der Waals surface area contributed by atoms with Crippen molar-refractivity contribution in [2.75, 3.05) is 32.8 Å².